The minimum atomic E-state index is -0.292. The summed E-state index contributed by atoms with van der Waals surface area (Å²) in [5, 5.41) is 0. The summed E-state index contributed by atoms with van der Waals surface area (Å²) >= 11 is 0. The number of esters is 1. The number of hydrogen-bond acceptors (Lipinski definition) is 4. The lowest BCUT2D eigenvalue weighted by molar-refractivity contribution is -0.153. The molecule has 1 aromatic carbocycles. The van der Waals surface area contributed by atoms with Crippen molar-refractivity contribution >= 4 is 5.97 Å². The molecule has 4 nitrogen and oxygen atoms in total. The standard InChI is InChI=1S/C16H22O4/c1-12-4-3-5-15(10-12)20-16(17)11-19-14-8-6-13(18-2)7-9-14/h6-9,12,15H,3-5,10-11H2,1-2H3. The molecule has 0 amide bonds. The first kappa shape index (κ1) is 14.7. The number of methoxy groups -OCH3 is 1. The zero-order valence-corrected chi connectivity index (χ0v) is 12.1. The smallest absolute Gasteiger partial charge is 0.344 e. The number of carbonyl (C=O) groups is 1. The van der Waals surface area contributed by atoms with Crippen LogP contribution in [-0.2, 0) is 9.53 Å². The fourth-order valence-electron chi connectivity index (χ4n) is 2.52. The minimum Gasteiger partial charge on any atom is -0.497 e. The molecular weight excluding hydrogens is 256 g/mol. The molecular formula is C16H22O4. The van der Waals surface area contributed by atoms with Crippen molar-refractivity contribution in [3.8, 4) is 11.5 Å². The zero-order chi connectivity index (χ0) is 14.4. The molecule has 1 aromatic rings. The molecule has 0 aliphatic heterocycles. The first-order valence-electron chi connectivity index (χ1n) is 7.13. The molecule has 1 saturated carbocycles. The van der Waals surface area contributed by atoms with Crippen molar-refractivity contribution in [3.05, 3.63) is 24.3 Å². The molecule has 2 unspecified atom stereocenters. The minimum absolute atomic E-state index is 0.0444. The van der Waals surface area contributed by atoms with Crippen LogP contribution < -0.4 is 9.47 Å². The van der Waals surface area contributed by atoms with Crippen molar-refractivity contribution in [1.29, 1.82) is 0 Å². The Kier molecular flexibility index (Phi) is 5.27. The summed E-state index contributed by atoms with van der Waals surface area (Å²) in [6.45, 7) is 2.16. The van der Waals surface area contributed by atoms with Crippen LogP contribution in [0.4, 0.5) is 0 Å². The topological polar surface area (TPSA) is 44.8 Å². The van der Waals surface area contributed by atoms with Crippen LogP contribution in [0.5, 0.6) is 11.5 Å². The van der Waals surface area contributed by atoms with E-state index in [4.69, 9.17) is 14.2 Å². The number of hydrogen-bond donors (Lipinski definition) is 0. The maximum Gasteiger partial charge on any atom is 0.344 e. The van der Waals surface area contributed by atoms with Gasteiger partial charge in [0.25, 0.3) is 0 Å². The Bertz CT molecular complexity index is 427. The summed E-state index contributed by atoms with van der Waals surface area (Å²) in [6.07, 6.45) is 4.37. The molecule has 1 aliphatic rings. The van der Waals surface area contributed by atoms with Crippen molar-refractivity contribution in [2.45, 2.75) is 38.7 Å². The third kappa shape index (κ3) is 4.44. The van der Waals surface area contributed by atoms with Gasteiger partial charge in [-0.3, -0.25) is 0 Å². The third-order valence-electron chi connectivity index (χ3n) is 3.60. The van der Waals surface area contributed by atoms with Crippen molar-refractivity contribution < 1.29 is 19.0 Å². The van der Waals surface area contributed by atoms with E-state index in [2.05, 4.69) is 6.92 Å². The normalized spacial score (nSPS) is 22.1. The summed E-state index contributed by atoms with van der Waals surface area (Å²) in [6, 6.07) is 7.14. The van der Waals surface area contributed by atoms with E-state index in [9.17, 15) is 4.79 Å². The molecule has 0 heterocycles. The first-order valence-corrected chi connectivity index (χ1v) is 7.13. The van der Waals surface area contributed by atoms with E-state index in [-0.39, 0.29) is 18.7 Å². The van der Waals surface area contributed by atoms with Crippen molar-refractivity contribution in [2.75, 3.05) is 13.7 Å². The third-order valence-corrected chi connectivity index (χ3v) is 3.60. The quantitative estimate of drug-likeness (QED) is 0.776. The van der Waals surface area contributed by atoms with E-state index < -0.39 is 0 Å². The number of benzene rings is 1. The van der Waals surface area contributed by atoms with Gasteiger partial charge < -0.3 is 14.2 Å². The molecule has 0 aromatic heterocycles. The summed E-state index contributed by atoms with van der Waals surface area (Å²) in [5.74, 6) is 1.75. The van der Waals surface area contributed by atoms with Gasteiger partial charge in [-0.05, 0) is 49.4 Å². The Morgan fingerprint density at radius 2 is 1.90 bits per heavy atom. The average Bonchev–Trinajstić information content (AvgIpc) is 2.46. The van der Waals surface area contributed by atoms with Gasteiger partial charge in [0.1, 0.15) is 17.6 Å². The molecule has 20 heavy (non-hydrogen) atoms. The number of ether oxygens (including phenoxy) is 3. The van der Waals surface area contributed by atoms with Gasteiger partial charge in [-0.2, -0.15) is 0 Å². The molecule has 0 spiro atoms. The van der Waals surface area contributed by atoms with Crippen LogP contribution in [0.3, 0.4) is 0 Å². The van der Waals surface area contributed by atoms with Crippen LogP contribution in [0.25, 0.3) is 0 Å². The molecule has 2 rings (SSSR count). The van der Waals surface area contributed by atoms with Gasteiger partial charge in [-0.1, -0.05) is 13.3 Å². The molecule has 0 bridgehead atoms. The monoisotopic (exact) mass is 278 g/mol. The van der Waals surface area contributed by atoms with Gasteiger partial charge >= 0.3 is 5.97 Å². The predicted molar refractivity (Wildman–Crippen MR) is 76.0 cm³/mol. The van der Waals surface area contributed by atoms with Gasteiger partial charge in [-0.25, -0.2) is 4.79 Å². The van der Waals surface area contributed by atoms with Gasteiger partial charge in [-0.15, -0.1) is 0 Å². The molecule has 1 aliphatic carbocycles. The summed E-state index contributed by atoms with van der Waals surface area (Å²) in [7, 11) is 1.61. The molecule has 2 atom stereocenters. The molecule has 0 saturated heterocycles. The number of carbonyl (C=O) groups excluding carboxylic acids is 1. The second-order valence-corrected chi connectivity index (χ2v) is 5.35. The SMILES string of the molecule is COc1ccc(OCC(=O)OC2CCCC(C)C2)cc1. The van der Waals surface area contributed by atoms with Crippen LogP contribution in [0.15, 0.2) is 24.3 Å². The zero-order valence-electron chi connectivity index (χ0n) is 12.1. The fraction of sp³-hybridized carbons (Fsp3) is 0.562. The maximum atomic E-state index is 11.7. The summed E-state index contributed by atoms with van der Waals surface area (Å²) in [5.41, 5.74) is 0. The first-order chi connectivity index (χ1) is 9.67. The van der Waals surface area contributed by atoms with Crippen LogP contribution in [0.1, 0.15) is 32.6 Å². The van der Waals surface area contributed by atoms with Gasteiger partial charge in [0.05, 0.1) is 7.11 Å². The van der Waals surface area contributed by atoms with Crippen LogP contribution in [-0.4, -0.2) is 25.8 Å². The highest BCUT2D eigenvalue weighted by Gasteiger charge is 2.22. The van der Waals surface area contributed by atoms with E-state index in [0.29, 0.717) is 11.7 Å². The van der Waals surface area contributed by atoms with Crippen LogP contribution >= 0.6 is 0 Å². The molecule has 0 radical (unpaired) electrons. The van der Waals surface area contributed by atoms with E-state index in [0.717, 1.165) is 25.0 Å². The highest BCUT2D eigenvalue weighted by atomic mass is 16.6. The largest absolute Gasteiger partial charge is 0.497 e. The molecule has 110 valence electrons. The van der Waals surface area contributed by atoms with E-state index in [1.165, 1.54) is 6.42 Å². The lowest BCUT2D eigenvalue weighted by Crippen LogP contribution is -2.27. The highest BCUT2D eigenvalue weighted by molar-refractivity contribution is 5.71. The number of rotatable bonds is 5. The van der Waals surface area contributed by atoms with E-state index in [1.54, 1.807) is 31.4 Å². The maximum absolute atomic E-state index is 11.7. The second kappa shape index (κ2) is 7.17. The van der Waals surface area contributed by atoms with Crippen LogP contribution in [0.2, 0.25) is 0 Å². The van der Waals surface area contributed by atoms with Crippen LogP contribution in [0, 0.1) is 5.92 Å². The Labute approximate surface area is 120 Å². The predicted octanol–water partition coefficient (Wildman–Crippen LogP) is 3.20. The second-order valence-electron chi connectivity index (χ2n) is 5.35. The fourth-order valence-corrected chi connectivity index (χ4v) is 2.52. The average molecular weight is 278 g/mol. The highest BCUT2D eigenvalue weighted by Crippen LogP contribution is 2.25. The van der Waals surface area contributed by atoms with E-state index in [1.807, 2.05) is 0 Å². The summed E-state index contributed by atoms with van der Waals surface area (Å²) < 4.78 is 15.9. The molecule has 0 N–H and O–H groups in total. The van der Waals surface area contributed by atoms with Gasteiger partial charge in [0, 0.05) is 0 Å². The van der Waals surface area contributed by atoms with Gasteiger partial charge in [0.2, 0.25) is 0 Å². The molecule has 1 fully saturated rings. The van der Waals surface area contributed by atoms with Crippen molar-refractivity contribution in [3.63, 3.8) is 0 Å². The Balaban J connectivity index is 1.73. The molecule has 4 heteroatoms. The van der Waals surface area contributed by atoms with Crippen molar-refractivity contribution in [2.24, 2.45) is 5.92 Å². The lowest BCUT2D eigenvalue weighted by atomic mass is 9.89. The Hall–Kier alpha value is -1.71. The van der Waals surface area contributed by atoms with E-state index >= 15 is 0 Å². The Morgan fingerprint density at radius 3 is 2.55 bits per heavy atom. The Morgan fingerprint density at radius 1 is 1.20 bits per heavy atom. The lowest BCUT2D eigenvalue weighted by Gasteiger charge is -2.26. The van der Waals surface area contributed by atoms with Gasteiger partial charge in [0.15, 0.2) is 6.61 Å². The summed E-state index contributed by atoms with van der Waals surface area (Å²) in [4.78, 5) is 11.7. The van der Waals surface area contributed by atoms with Crippen molar-refractivity contribution in [1.82, 2.24) is 0 Å².